The van der Waals surface area contributed by atoms with Crippen LogP contribution in [0.25, 0.3) is 0 Å². The molecule has 2 rings (SSSR count). The quantitative estimate of drug-likeness (QED) is 0.393. The van der Waals surface area contributed by atoms with Gasteiger partial charge in [-0.25, -0.2) is 13.6 Å². The van der Waals surface area contributed by atoms with Gasteiger partial charge in [0.05, 0.1) is 5.69 Å². The fourth-order valence-electron chi connectivity index (χ4n) is 4.13. The molecule has 4 amide bonds. The molecule has 0 bridgehead atoms. The molecule has 0 saturated carbocycles. The summed E-state index contributed by atoms with van der Waals surface area (Å²) in [5.74, 6) is -2.89. The van der Waals surface area contributed by atoms with Crippen molar-refractivity contribution in [2.75, 3.05) is 30.4 Å². The van der Waals surface area contributed by atoms with Gasteiger partial charge in [0.15, 0.2) is 0 Å². The Balaban J connectivity index is 1.96. The molecule has 1 aliphatic heterocycles. The molecule has 0 aromatic heterocycles. The molecule has 12 heteroatoms. The van der Waals surface area contributed by atoms with Crippen molar-refractivity contribution in [3.8, 4) is 0 Å². The van der Waals surface area contributed by atoms with E-state index in [1.807, 2.05) is 6.26 Å². The largest absolute Gasteiger partial charge is 0.444 e. The minimum absolute atomic E-state index is 0.177. The number of thioether (sulfide) groups is 1. The van der Waals surface area contributed by atoms with E-state index >= 15 is 0 Å². The molecule has 1 fully saturated rings. The van der Waals surface area contributed by atoms with Crippen LogP contribution in [0.4, 0.5) is 19.3 Å². The van der Waals surface area contributed by atoms with Crippen molar-refractivity contribution in [3.63, 3.8) is 0 Å². The topological polar surface area (TPSA) is 117 Å². The Hall–Kier alpha value is -2.89. The summed E-state index contributed by atoms with van der Waals surface area (Å²) in [6, 6.07) is 1.15. The smallest absolute Gasteiger partial charge is 0.408 e. The molecule has 218 valence electrons. The summed E-state index contributed by atoms with van der Waals surface area (Å²) < 4.78 is 32.5. The number of carbonyl (C=O) groups excluding carboxylic acids is 4. The molecule has 0 unspecified atom stereocenters. The number of piperidine rings is 1. The van der Waals surface area contributed by atoms with Gasteiger partial charge in [0, 0.05) is 25.1 Å². The third-order valence-electron chi connectivity index (χ3n) is 6.21. The van der Waals surface area contributed by atoms with Crippen LogP contribution in [0.3, 0.4) is 0 Å². The molecular weight excluding hydrogens is 530 g/mol. The molecule has 0 spiro atoms. The Morgan fingerprint density at radius 2 is 1.74 bits per heavy atom. The van der Waals surface area contributed by atoms with Crippen LogP contribution in [0.15, 0.2) is 18.2 Å². The van der Waals surface area contributed by atoms with Crippen molar-refractivity contribution in [1.82, 2.24) is 15.5 Å². The van der Waals surface area contributed by atoms with Crippen molar-refractivity contribution >= 4 is 41.3 Å². The first kappa shape index (κ1) is 32.3. The molecule has 1 saturated heterocycles. The highest BCUT2D eigenvalue weighted by Gasteiger charge is 2.34. The normalized spacial score (nSPS) is 15.9. The maximum absolute atomic E-state index is 14.0. The van der Waals surface area contributed by atoms with Crippen molar-refractivity contribution in [1.29, 1.82) is 0 Å². The second kappa shape index (κ2) is 14.5. The highest BCUT2D eigenvalue weighted by atomic mass is 32.2. The fourth-order valence-corrected chi connectivity index (χ4v) is 4.60. The van der Waals surface area contributed by atoms with Gasteiger partial charge in [-0.2, -0.15) is 11.8 Å². The van der Waals surface area contributed by atoms with Gasteiger partial charge in [-0.1, -0.05) is 13.8 Å². The first-order valence-electron chi connectivity index (χ1n) is 13.0. The van der Waals surface area contributed by atoms with Gasteiger partial charge in [-0.15, -0.1) is 0 Å². The number of rotatable bonds is 10. The molecule has 3 N–H and O–H groups in total. The van der Waals surface area contributed by atoms with Crippen LogP contribution in [0.5, 0.6) is 0 Å². The van der Waals surface area contributed by atoms with E-state index in [-0.39, 0.29) is 23.4 Å². The Labute approximate surface area is 233 Å². The van der Waals surface area contributed by atoms with E-state index in [0.29, 0.717) is 44.2 Å². The van der Waals surface area contributed by atoms with Crippen LogP contribution in [0.2, 0.25) is 0 Å². The summed E-state index contributed by atoms with van der Waals surface area (Å²) in [6.45, 7) is 9.38. The average molecular weight is 571 g/mol. The third kappa shape index (κ3) is 10.3. The summed E-state index contributed by atoms with van der Waals surface area (Å²) in [7, 11) is 0. The predicted molar refractivity (Wildman–Crippen MR) is 147 cm³/mol. The molecule has 1 aromatic rings. The summed E-state index contributed by atoms with van der Waals surface area (Å²) in [6.07, 6.45) is 2.48. The summed E-state index contributed by atoms with van der Waals surface area (Å²) in [5.41, 5.74) is -0.870. The number of carbonyl (C=O) groups is 4. The second-order valence-electron chi connectivity index (χ2n) is 10.9. The molecule has 0 aliphatic carbocycles. The zero-order chi connectivity index (χ0) is 29.3. The number of halogens is 2. The summed E-state index contributed by atoms with van der Waals surface area (Å²) >= 11 is 1.56. The fraction of sp³-hybridized carbons (Fsp3) is 0.630. The van der Waals surface area contributed by atoms with Crippen molar-refractivity contribution in [3.05, 3.63) is 29.8 Å². The number of nitrogens with zero attached hydrogens (tertiary/aromatic N) is 1. The SMILES string of the molecule is CSCC[C@H](NC(=O)OC(C)(C)C)C(=O)N1CCC(C(=O)N[C@H](C(=O)Nc2ccc(F)cc2F)C(C)C)CC1. The van der Waals surface area contributed by atoms with Crippen LogP contribution < -0.4 is 16.0 Å². The van der Waals surface area contributed by atoms with E-state index < -0.39 is 47.2 Å². The zero-order valence-electron chi connectivity index (χ0n) is 23.4. The lowest BCUT2D eigenvalue weighted by molar-refractivity contribution is -0.138. The van der Waals surface area contributed by atoms with Crippen LogP contribution >= 0.6 is 11.8 Å². The van der Waals surface area contributed by atoms with Gasteiger partial charge in [0.2, 0.25) is 17.7 Å². The van der Waals surface area contributed by atoms with E-state index in [0.717, 1.165) is 12.1 Å². The van der Waals surface area contributed by atoms with E-state index in [2.05, 4.69) is 16.0 Å². The Bertz CT molecular complexity index is 1030. The predicted octanol–water partition coefficient (Wildman–Crippen LogP) is 3.93. The number of amides is 4. The number of hydrogen-bond donors (Lipinski definition) is 3. The Morgan fingerprint density at radius 1 is 1.10 bits per heavy atom. The maximum Gasteiger partial charge on any atom is 0.408 e. The van der Waals surface area contributed by atoms with Gasteiger partial charge < -0.3 is 25.6 Å². The zero-order valence-corrected chi connectivity index (χ0v) is 24.3. The second-order valence-corrected chi connectivity index (χ2v) is 11.9. The molecule has 9 nitrogen and oxygen atoms in total. The van der Waals surface area contributed by atoms with E-state index in [4.69, 9.17) is 4.74 Å². The van der Waals surface area contributed by atoms with Gasteiger partial charge in [0.1, 0.15) is 29.3 Å². The number of ether oxygens (including phenoxy) is 1. The highest BCUT2D eigenvalue weighted by Crippen LogP contribution is 2.21. The van der Waals surface area contributed by atoms with Gasteiger partial charge in [-0.3, -0.25) is 14.4 Å². The summed E-state index contributed by atoms with van der Waals surface area (Å²) in [4.78, 5) is 52.9. The first-order chi connectivity index (χ1) is 18.2. The first-order valence-corrected chi connectivity index (χ1v) is 14.4. The molecular formula is C27H40F2N4O5S. The average Bonchev–Trinajstić information content (AvgIpc) is 2.84. The van der Waals surface area contributed by atoms with Crippen LogP contribution in [0, 0.1) is 23.5 Å². The minimum Gasteiger partial charge on any atom is -0.444 e. The summed E-state index contributed by atoms with van der Waals surface area (Å²) in [5, 5.41) is 7.85. The van der Waals surface area contributed by atoms with E-state index in [1.54, 1.807) is 51.3 Å². The number of benzene rings is 1. The molecule has 1 heterocycles. The van der Waals surface area contributed by atoms with Crippen LogP contribution in [-0.4, -0.2) is 71.5 Å². The highest BCUT2D eigenvalue weighted by molar-refractivity contribution is 7.98. The monoisotopic (exact) mass is 570 g/mol. The number of nitrogens with one attached hydrogen (secondary N) is 3. The van der Waals surface area contributed by atoms with Crippen molar-refractivity contribution < 1.29 is 32.7 Å². The lowest BCUT2D eigenvalue weighted by Crippen LogP contribution is -2.54. The number of hydrogen-bond acceptors (Lipinski definition) is 6. The van der Waals surface area contributed by atoms with Crippen LogP contribution in [0.1, 0.15) is 53.9 Å². The van der Waals surface area contributed by atoms with Crippen molar-refractivity contribution in [2.24, 2.45) is 11.8 Å². The molecule has 2 atom stereocenters. The van der Waals surface area contributed by atoms with E-state index in [1.165, 1.54) is 0 Å². The number of alkyl carbamates (subject to hydrolysis) is 1. The van der Waals surface area contributed by atoms with Crippen LogP contribution in [-0.2, 0) is 19.1 Å². The lowest BCUT2D eigenvalue weighted by Gasteiger charge is -2.34. The third-order valence-corrected chi connectivity index (χ3v) is 6.86. The number of anilines is 1. The van der Waals surface area contributed by atoms with Gasteiger partial charge in [-0.05, 0) is 70.1 Å². The molecule has 1 aromatic carbocycles. The maximum atomic E-state index is 14.0. The molecule has 39 heavy (non-hydrogen) atoms. The standard InChI is InChI=1S/C27H40F2N4O5S/c1-16(2)22(24(35)30-20-8-7-18(28)15-19(20)29)32-23(34)17-9-12-33(13-10-17)25(36)21(11-14-39-6)31-26(37)38-27(3,4)5/h7-8,15-17,21-22H,9-14H2,1-6H3,(H,30,35)(H,31,37)(H,32,34)/t21-,22-/m0/s1. The Morgan fingerprint density at radius 3 is 2.28 bits per heavy atom. The number of likely N-dealkylation sites (tertiary alicyclic amines) is 1. The van der Waals surface area contributed by atoms with Gasteiger partial charge in [0.25, 0.3) is 0 Å². The lowest BCUT2D eigenvalue weighted by atomic mass is 9.94. The minimum atomic E-state index is -0.935. The molecule has 1 aliphatic rings. The molecule has 0 radical (unpaired) electrons. The Kier molecular flexibility index (Phi) is 12.0. The van der Waals surface area contributed by atoms with Gasteiger partial charge >= 0.3 is 6.09 Å². The van der Waals surface area contributed by atoms with E-state index in [9.17, 15) is 28.0 Å². The van der Waals surface area contributed by atoms with Crippen molar-refractivity contribution in [2.45, 2.75) is 71.6 Å².